The highest BCUT2D eigenvalue weighted by molar-refractivity contribution is 7.14. The van der Waals surface area contributed by atoms with Gasteiger partial charge >= 0.3 is 0 Å². The smallest absolute Gasteiger partial charge is 0.294 e. The fourth-order valence-electron chi connectivity index (χ4n) is 3.65. The summed E-state index contributed by atoms with van der Waals surface area (Å²) in [5, 5.41) is 12.0. The summed E-state index contributed by atoms with van der Waals surface area (Å²) in [5.41, 5.74) is 2.57. The molecule has 1 aromatic carbocycles. The summed E-state index contributed by atoms with van der Waals surface area (Å²) in [6.07, 6.45) is 3.17. The summed E-state index contributed by atoms with van der Waals surface area (Å²) in [4.78, 5) is 36.8. The SMILES string of the molecule is Cc1nc(C)c(C(=O)C2=C(O)C(=O)N(c3cc(Cl)ccc3C)C2c2ccncc2)s1. The molecule has 4 rings (SSSR count). The number of carbonyl (C=O) groups excluding carboxylic acids is 2. The number of hydrogen-bond donors (Lipinski definition) is 1. The van der Waals surface area contributed by atoms with Gasteiger partial charge in [-0.25, -0.2) is 4.98 Å². The molecule has 1 aliphatic heterocycles. The van der Waals surface area contributed by atoms with Crippen molar-refractivity contribution in [2.75, 3.05) is 4.90 Å². The highest BCUT2D eigenvalue weighted by Crippen LogP contribution is 2.44. The Labute approximate surface area is 182 Å². The van der Waals surface area contributed by atoms with Crippen molar-refractivity contribution >= 4 is 40.3 Å². The average molecular weight is 440 g/mol. The Morgan fingerprint density at radius 2 is 1.87 bits per heavy atom. The fraction of sp³-hybridized carbons (Fsp3) is 0.182. The molecule has 1 amide bonds. The largest absolute Gasteiger partial charge is 0.503 e. The maximum absolute atomic E-state index is 13.5. The number of aliphatic hydroxyl groups is 1. The number of aromatic nitrogens is 2. The summed E-state index contributed by atoms with van der Waals surface area (Å²) < 4.78 is 0. The zero-order chi connectivity index (χ0) is 21.6. The van der Waals surface area contributed by atoms with E-state index in [-0.39, 0.29) is 5.57 Å². The number of rotatable bonds is 4. The van der Waals surface area contributed by atoms with Gasteiger partial charge in [0.05, 0.1) is 27.2 Å². The summed E-state index contributed by atoms with van der Waals surface area (Å²) >= 11 is 7.44. The van der Waals surface area contributed by atoms with Crippen LogP contribution in [0.3, 0.4) is 0 Å². The molecule has 3 heterocycles. The topological polar surface area (TPSA) is 83.4 Å². The first-order valence-electron chi connectivity index (χ1n) is 9.21. The van der Waals surface area contributed by atoms with Crippen molar-refractivity contribution in [1.29, 1.82) is 0 Å². The number of amides is 1. The number of hydrogen-bond acceptors (Lipinski definition) is 6. The molecule has 6 nitrogen and oxygen atoms in total. The third kappa shape index (κ3) is 3.30. The van der Waals surface area contributed by atoms with Crippen molar-refractivity contribution in [2.24, 2.45) is 0 Å². The van der Waals surface area contributed by atoms with Crippen molar-refractivity contribution in [3.63, 3.8) is 0 Å². The van der Waals surface area contributed by atoms with Gasteiger partial charge in [0.1, 0.15) is 0 Å². The van der Waals surface area contributed by atoms with Crippen LogP contribution in [0.5, 0.6) is 0 Å². The standard InChI is InChI=1S/C22H18ClN3O3S/c1-11-4-5-15(23)10-16(11)26-18(14-6-8-24-9-7-14)17(20(28)22(26)29)19(27)21-12(2)25-13(3)30-21/h4-10,18,28H,1-3H3. The number of pyridine rings is 1. The molecule has 0 bridgehead atoms. The summed E-state index contributed by atoms with van der Waals surface area (Å²) in [7, 11) is 0. The van der Waals surface area contributed by atoms with E-state index in [0.717, 1.165) is 10.6 Å². The van der Waals surface area contributed by atoms with Crippen LogP contribution < -0.4 is 4.90 Å². The Morgan fingerprint density at radius 3 is 2.50 bits per heavy atom. The van der Waals surface area contributed by atoms with Gasteiger partial charge in [-0.05, 0) is 56.2 Å². The van der Waals surface area contributed by atoms with Gasteiger partial charge < -0.3 is 5.11 Å². The second kappa shape index (κ2) is 7.66. The molecule has 0 saturated carbocycles. The minimum Gasteiger partial charge on any atom is -0.503 e. The Balaban J connectivity index is 1.92. The molecule has 8 heteroatoms. The zero-order valence-corrected chi connectivity index (χ0v) is 18.1. The van der Waals surface area contributed by atoms with Gasteiger partial charge in [0.25, 0.3) is 5.91 Å². The molecule has 0 fully saturated rings. The average Bonchev–Trinajstić information content (AvgIpc) is 3.20. The molecular formula is C22H18ClN3O3S. The summed E-state index contributed by atoms with van der Waals surface area (Å²) in [6.45, 7) is 5.39. The molecule has 152 valence electrons. The van der Waals surface area contributed by atoms with E-state index >= 15 is 0 Å². The lowest BCUT2D eigenvalue weighted by Crippen LogP contribution is -2.31. The quantitative estimate of drug-likeness (QED) is 0.584. The van der Waals surface area contributed by atoms with Crippen molar-refractivity contribution in [1.82, 2.24) is 9.97 Å². The van der Waals surface area contributed by atoms with Gasteiger partial charge in [-0.15, -0.1) is 11.3 Å². The van der Waals surface area contributed by atoms with Crippen LogP contribution in [0.15, 0.2) is 54.1 Å². The minimum atomic E-state index is -0.813. The molecule has 2 aromatic heterocycles. The highest BCUT2D eigenvalue weighted by Gasteiger charge is 2.45. The second-order valence-electron chi connectivity index (χ2n) is 7.03. The van der Waals surface area contributed by atoms with Crippen LogP contribution >= 0.6 is 22.9 Å². The normalized spacial score (nSPS) is 16.5. The molecule has 1 aliphatic rings. The second-order valence-corrected chi connectivity index (χ2v) is 8.67. The van der Waals surface area contributed by atoms with Crippen molar-refractivity contribution in [3.05, 3.63) is 85.8 Å². The number of thiazole rings is 1. The maximum atomic E-state index is 13.5. The van der Waals surface area contributed by atoms with E-state index < -0.39 is 23.5 Å². The minimum absolute atomic E-state index is 0.0253. The number of Topliss-reactive ketones (excluding diaryl/α,β-unsaturated/α-hetero) is 1. The first-order valence-corrected chi connectivity index (χ1v) is 10.4. The predicted molar refractivity (Wildman–Crippen MR) is 116 cm³/mol. The Morgan fingerprint density at radius 1 is 1.17 bits per heavy atom. The van der Waals surface area contributed by atoms with E-state index in [1.54, 1.807) is 49.6 Å². The van der Waals surface area contributed by atoms with E-state index in [1.165, 1.54) is 16.2 Å². The maximum Gasteiger partial charge on any atom is 0.294 e. The molecule has 30 heavy (non-hydrogen) atoms. The van der Waals surface area contributed by atoms with Gasteiger partial charge in [-0.2, -0.15) is 0 Å². The van der Waals surface area contributed by atoms with Gasteiger partial charge in [0.15, 0.2) is 5.76 Å². The first-order chi connectivity index (χ1) is 14.3. The number of ketones is 1. The number of halogens is 1. The number of benzene rings is 1. The van der Waals surface area contributed by atoms with E-state index in [0.29, 0.717) is 26.8 Å². The zero-order valence-electron chi connectivity index (χ0n) is 16.5. The van der Waals surface area contributed by atoms with Crippen molar-refractivity contribution in [2.45, 2.75) is 26.8 Å². The number of carbonyl (C=O) groups is 2. The summed E-state index contributed by atoms with van der Waals surface area (Å²) in [6, 6.07) is 7.81. The van der Waals surface area contributed by atoms with Gasteiger partial charge in [0.2, 0.25) is 5.78 Å². The monoisotopic (exact) mass is 439 g/mol. The Hall–Kier alpha value is -3.03. The lowest BCUT2D eigenvalue weighted by atomic mass is 9.95. The molecular weight excluding hydrogens is 422 g/mol. The Bertz CT molecular complexity index is 1200. The number of aliphatic hydroxyl groups excluding tert-OH is 1. The third-order valence-electron chi connectivity index (χ3n) is 5.02. The molecule has 0 radical (unpaired) electrons. The molecule has 3 aromatic rings. The highest BCUT2D eigenvalue weighted by atomic mass is 35.5. The lowest BCUT2D eigenvalue weighted by Gasteiger charge is -2.28. The van der Waals surface area contributed by atoms with Crippen molar-refractivity contribution in [3.8, 4) is 0 Å². The van der Waals surface area contributed by atoms with Crippen LogP contribution in [-0.2, 0) is 4.79 Å². The van der Waals surface area contributed by atoms with E-state index in [2.05, 4.69) is 9.97 Å². The fourth-order valence-corrected chi connectivity index (χ4v) is 4.69. The molecule has 1 N–H and O–H groups in total. The molecule has 0 saturated heterocycles. The van der Waals surface area contributed by atoms with Crippen LogP contribution in [-0.4, -0.2) is 26.8 Å². The summed E-state index contributed by atoms with van der Waals surface area (Å²) in [5.74, 6) is -1.62. The van der Waals surface area contributed by atoms with E-state index in [9.17, 15) is 14.7 Å². The molecule has 0 aliphatic carbocycles. The van der Waals surface area contributed by atoms with E-state index in [4.69, 9.17) is 11.6 Å². The molecule has 1 atom stereocenters. The van der Waals surface area contributed by atoms with Gasteiger partial charge in [-0.1, -0.05) is 17.7 Å². The van der Waals surface area contributed by atoms with Gasteiger partial charge in [-0.3, -0.25) is 19.5 Å². The molecule has 0 spiro atoms. The number of nitrogens with zero attached hydrogens (tertiary/aromatic N) is 3. The Kier molecular flexibility index (Phi) is 5.17. The molecule has 1 unspecified atom stereocenters. The van der Waals surface area contributed by atoms with Crippen molar-refractivity contribution < 1.29 is 14.7 Å². The lowest BCUT2D eigenvalue weighted by molar-refractivity contribution is -0.117. The van der Waals surface area contributed by atoms with E-state index in [1.807, 2.05) is 13.8 Å². The number of aryl methyl sites for hydroxylation is 3. The van der Waals surface area contributed by atoms with Crippen LogP contribution in [0.1, 0.15) is 37.5 Å². The van der Waals surface area contributed by atoms with Gasteiger partial charge in [0, 0.05) is 23.1 Å². The third-order valence-corrected chi connectivity index (χ3v) is 6.32. The predicted octanol–water partition coefficient (Wildman–Crippen LogP) is 4.90. The number of anilines is 1. The van der Waals surface area contributed by atoms with Crippen LogP contribution in [0.2, 0.25) is 5.02 Å². The van der Waals surface area contributed by atoms with Crippen LogP contribution in [0.25, 0.3) is 0 Å². The van der Waals surface area contributed by atoms with Crippen LogP contribution in [0.4, 0.5) is 5.69 Å². The van der Waals surface area contributed by atoms with Crippen LogP contribution in [0, 0.1) is 20.8 Å². The first kappa shape index (κ1) is 20.3.